The van der Waals surface area contributed by atoms with Crippen LogP contribution in [0.25, 0.3) is 0 Å². The molecule has 0 atom stereocenters. The molecule has 27 heavy (non-hydrogen) atoms. The van der Waals surface area contributed by atoms with Gasteiger partial charge in [0, 0.05) is 29.7 Å². The molecule has 3 amide bonds. The summed E-state index contributed by atoms with van der Waals surface area (Å²) in [6, 6.07) is 6.21. The fourth-order valence-corrected chi connectivity index (χ4v) is 1.95. The van der Waals surface area contributed by atoms with E-state index >= 15 is 0 Å². The van der Waals surface area contributed by atoms with E-state index in [1.807, 2.05) is 5.43 Å². The average Bonchev–Trinajstić information content (AvgIpc) is 2.63. The fraction of sp³-hybridized carbons (Fsp3) is 0.444. The second-order valence-electron chi connectivity index (χ2n) is 6.89. The number of anilines is 1. The Balaban J connectivity index is 2.68. The Morgan fingerprint density at radius 3 is 2.26 bits per heavy atom. The number of hydrazone groups is 1. The van der Waals surface area contributed by atoms with Gasteiger partial charge in [-0.1, -0.05) is 20.8 Å². The van der Waals surface area contributed by atoms with E-state index in [-0.39, 0.29) is 31.0 Å². The summed E-state index contributed by atoms with van der Waals surface area (Å²) in [5.41, 5.74) is 4.54. The molecule has 0 aliphatic heterocycles. The number of nitrogens with one attached hydrogen (secondary N) is 3. The van der Waals surface area contributed by atoms with Crippen LogP contribution in [0.3, 0.4) is 0 Å². The first-order valence-electron chi connectivity index (χ1n) is 8.45. The predicted molar refractivity (Wildman–Crippen MR) is 103 cm³/mol. The molecular weight excluding hydrogens is 350 g/mol. The van der Waals surface area contributed by atoms with Gasteiger partial charge in [0.15, 0.2) is 0 Å². The Morgan fingerprint density at radius 1 is 1.11 bits per heavy atom. The van der Waals surface area contributed by atoms with Gasteiger partial charge in [-0.3, -0.25) is 15.0 Å². The van der Waals surface area contributed by atoms with Crippen LogP contribution in [0.1, 0.15) is 40.0 Å². The number of rotatable bonds is 8. The zero-order valence-corrected chi connectivity index (χ0v) is 16.1. The molecule has 0 saturated heterocycles. The number of carbonyl (C=O) groups excluding carboxylic acids is 3. The van der Waals surface area contributed by atoms with E-state index in [1.165, 1.54) is 0 Å². The minimum absolute atomic E-state index is 0.0319. The highest BCUT2D eigenvalue weighted by Crippen LogP contribution is 2.18. The molecule has 0 bridgehead atoms. The first kappa shape index (κ1) is 22.1. The molecule has 1 aromatic carbocycles. The van der Waals surface area contributed by atoms with Crippen LogP contribution < -0.4 is 26.7 Å². The summed E-state index contributed by atoms with van der Waals surface area (Å²) in [6.07, 6.45) is 0.354. The summed E-state index contributed by atoms with van der Waals surface area (Å²) in [4.78, 5) is 35.6. The SMILES string of the molecule is COc1ccc(NC(=O)CC/C(CC(=O)C(C)(C)C)=N\NC(=O)NN)cc1. The lowest BCUT2D eigenvalue weighted by molar-refractivity contribution is -0.125. The van der Waals surface area contributed by atoms with Gasteiger partial charge in [0.1, 0.15) is 11.5 Å². The van der Waals surface area contributed by atoms with Crippen molar-refractivity contribution in [3.8, 4) is 5.75 Å². The van der Waals surface area contributed by atoms with E-state index in [0.29, 0.717) is 17.1 Å². The van der Waals surface area contributed by atoms with Gasteiger partial charge in [0.25, 0.3) is 0 Å². The Hall–Kier alpha value is -2.94. The lowest BCUT2D eigenvalue weighted by Gasteiger charge is -2.17. The van der Waals surface area contributed by atoms with Crippen molar-refractivity contribution in [3.05, 3.63) is 24.3 Å². The summed E-state index contributed by atoms with van der Waals surface area (Å²) in [7, 11) is 1.56. The Bertz CT molecular complexity index is 693. The summed E-state index contributed by atoms with van der Waals surface area (Å²) in [6.45, 7) is 5.38. The largest absolute Gasteiger partial charge is 0.497 e. The molecule has 0 radical (unpaired) electrons. The van der Waals surface area contributed by atoms with E-state index in [9.17, 15) is 14.4 Å². The van der Waals surface area contributed by atoms with Crippen LogP contribution >= 0.6 is 0 Å². The third-order valence-electron chi connectivity index (χ3n) is 3.66. The van der Waals surface area contributed by atoms with E-state index in [2.05, 4.69) is 15.8 Å². The number of nitrogens with zero attached hydrogens (tertiary/aromatic N) is 1. The van der Waals surface area contributed by atoms with Gasteiger partial charge >= 0.3 is 6.03 Å². The van der Waals surface area contributed by atoms with Crippen LogP contribution in [0.15, 0.2) is 29.4 Å². The van der Waals surface area contributed by atoms with E-state index < -0.39 is 11.4 Å². The predicted octanol–water partition coefficient (Wildman–Crippen LogP) is 1.95. The van der Waals surface area contributed by atoms with Gasteiger partial charge in [-0.25, -0.2) is 16.1 Å². The number of amides is 3. The second kappa shape index (κ2) is 10.3. The third-order valence-corrected chi connectivity index (χ3v) is 3.66. The summed E-state index contributed by atoms with van der Waals surface area (Å²) in [5.74, 6) is 5.39. The van der Waals surface area contributed by atoms with Gasteiger partial charge in [-0.15, -0.1) is 0 Å². The molecule has 9 heteroatoms. The van der Waals surface area contributed by atoms with Crippen LogP contribution in [0.4, 0.5) is 10.5 Å². The van der Waals surface area contributed by atoms with Gasteiger partial charge in [0.2, 0.25) is 5.91 Å². The van der Waals surface area contributed by atoms with Crippen molar-refractivity contribution in [2.45, 2.75) is 40.0 Å². The molecule has 5 N–H and O–H groups in total. The molecule has 148 valence electrons. The maximum atomic E-state index is 12.2. The molecule has 0 spiro atoms. The maximum absolute atomic E-state index is 12.2. The maximum Gasteiger partial charge on any atom is 0.349 e. The number of hydrogen-bond donors (Lipinski definition) is 4. The van der Waals surface area contributed by atoms with Gasteiger partial charge in [0.05, 0.1) is 7.11 Å². The highest BCUT2D eigenvalue weighted by Gasteiger charge is 2.23. The van der Waals surface area contributed by atoms with Crippen LogP contribution in [0.5, 0.6) is 5.75 Å². The zero-order valence-electron chi connectivity index (χ0n) is 16.1. The molecule has 0 saturated carbocycles. The zero-order chi connectivity index (χ0) is 20.4. The van der Waals surface area contributed by atoms with Crippen molar-refractivity contribution in [3.63, 3.8) is 0 Å². The summed E-state index contributed by atoms with van der Waals surface area (Å²) < 4.78 is 5.06. The van der Waals surface area contributed by atoms with Crippen LogP contribution in [0.2, 0.25) is 0 Å². The lowest BCUT2D eigenvalue weighted by atomic mass is 9.87. The molecule has 0 fully saturated rings. The van der Waals surface area contributed by atoms with Gasteiger partial charge < -0.3 is 10.1 Å². The topological polar surface area (TPSA) is 135 Å². The number of ketones is 1. The van der Waals surface area contributed by atoms with Crippen LogP contribution in [-0.2, 0) is 9.59 Å². The highest BCUT2D eigenvalue weighted by molar-refractivity contribution is 6.05. The number of benzene rings is 1. The minimum atomic E-state index is -0.710. The molecule has 0 heterocycles. The number of ether oxygens (including phenoxy) is 1. The molecular formula is C18H27N5O4. The first-order chi connectivity index (χ1) is 12.7. The van der Waals surface area contributed by atoms with Crippen LogP contribution in [0, 0.1) is 5.41 Å². The summed E-state index contributed by atoms with van der Waals surface area (Å²) >= 11 is 0. The Labute approximate surface area is 158 Å². The second-order valence-corrected chi connectivity index (χ2v) is 6.89. The standard InChI is InChI=1S/C18H27N5O4/c1-18(2,3)15(24)11-13(22-23-17(26)21-19)7-10-16(25)20-12-5-8-14(27-4)9-6-12/h5-6,8-9H,7,10-11,19H2,1-4H3,(H,20,25)(H2,21,23,26)/b22-13+. The summed E-state index contributed by atoms with van der Waals surface area (Å²) in [5, 5.41) is 6.66. The number of hydrogen-bond acceptors (Lipinski definition) is 6. The number of carbonyl (C=O) groups is 3. The number of hydrazine groups is 1. The first-order valence-corrected chi connectivity index (χ1v) is 8.45. The normalized spacial score (nSPS) is 11.5. The Kier molecular flexibility index (Phi) is 8.40. The molecule has 0 unspecified atom stereocenters. The average molecular weight is 377 g/mol. The van der Waals surface area contributed by atoms with E-state index in [4.69, 9.17) is 10.6 Å². The Morgan fingerprint density at radius 2 is 1.74 bits per heavy atom. The minimum Gasteiger partial charge on any atom is -0.497 e. The highest BCUT2D eigenvalue weighted by atomic mass is 16.5. The van der Waals surface area contributed by atoms with Crippen molar-refractivity contribution in [1.29, 1.82) is 0 Å². The monoisotopic (exact) mass is 377 g/mol. The molecule has 0 aliphatic rings. The van der Waals surface area contributed by atoms with Gasteiger partial charge in [-0.2, -0.15) is 5.10 Å². The quantitative estimate of drug-likeness (QED) is 0.238. The van der Waals surface area contributed by atoms with Crippen molar-refractivity contribution < 1.29 is 19.1 Å². The third kappa shape index (κ3) is 8.32. The van der Waals surface area contributed by atoms with Crippen molar-refractivity contribution in [2.75, 3.05) is 12.4 Å². The number of Topliss-reactive ketones (excluding diaryl/α,β-unsaturated/α-hetero) is 1. The molecule has 0 aliphatic carbocycles. The number of nitrogens with two attached hydrogens (primary N) is 1. The number of urea groups is 1. The van der Waals surface area contributed by atoms with Gasteiger partial charge in [-0.05, 0) is 30.7 Å². The van der Waals surface area contributed by atoms with Crippen molar-refractivity contribution >= 4 is 29.1 Å². The smallest absolute Gasteiger partial charge is 0.349 e. The molecule has 1 aromatic rings. The van der Waals surface area contributed by atoms with E-state index in [1.54, 1.807) is 52.1 Å². The van der Waals surface area contributed by atoms with Crippen LogP contribution in [-0.4, -0.2) is 30.5 Å². The molecule has 9 nitrogen and oxygen atoms in total. The van der Waals surface area contributed by atoms with Crippen molar-refractivity contribution in [1.82, 2.24) is 10.9 Å². The number of methoxy groups -OCH3 is 1. The fourth-order valence-electron chi connectivity index (χ4n) is 1.95. The van der Waals surface area contributed by atoms with Crippen molar-refractivity contribution in [2.24, 2.45) is 16.4 Å². The molecule has 1 rings (SSSR count). The lowest BCUT2D eigenvalue weighted by Crippen LogP contribution is -2.38. The molecule has 0 aromatic heterocycles. The van der Waals surface area contributed by atoms with E-state index in [0.717, 1.165) is 0 Å².